The summed E-state index contributed by atoms with van der Waals surface area (Å²) in [4.78, 5) is 17.8. The first-order valence-electron chi connectivity index (χ1n) is 11.4. The molecule has 0 saturated heterocycles. The summed E-state index contributed by atoms with van der Waals surface area (Å²) in [6.07, 6.45) is 0. The van der Waals surface area contributed by atoms with E-state index < -0.39 is 0 Å². The van der Waals surface area contributed by atoms with Gasteiger partial charge in [0.2, 0.25) is 0 Å². The van der Waals surface area contributed by atoms with E-state index in [0.717, 1.165) is 47.7 Å². The maximum Gasteiger partial charge on any atom is 0.344 e. The molecule has 5 heteroatoms. The molecule has 4 aromatic rings. The molecule has 0 atom stereocenters. The minimum atomic E-state index is -0.360. The summed E-state index contributed by atoms with van der Waals surface area (Å²) in [6, 6.07) is 26.9. The highest BCUT2D eigenvalue weighted by Gasteiger charge is 2.30. The first-order valence-corrected chi connectivity index (χ1v) is 11.4. The number of benzene rings is 4. The van der Waals surface area contributed by atoms with Crippen LogP contribution in [0.2, 0.25) is 0 Å². The number of nitrogens with zero attached hydrogens (tertiary/aromatic N) is 2. The second-order valence-electron chi connectivity index (χ2n) is 8.89. The molecule has 0 aliphatic carbocycles. The van der Waals surface area contributed by atoms with Crippen molar-refractivity contribution in [3.8, 4) is 22.6 Å². The number of hydrogen-bond acceptors (Lipinski definition) is 5. The second-order valence-corrected chi connectivity index (χ2v) is 8.89. The number of anilines is 2. The van der Waals surface area contributed by atoms with Crippen molar-refractivity contribution in [2.75, 3.05) is 16.5 Å². The van der Waals surface area contributed by atoms with Gasteiger partial charge < -0.3 is 19.6 Å². The van der Waals surface area contributed by atoms with E-state index in [1.807, 2.05) is 55.5 Å². The Balaban J connectivity index is 1.37. The Kier molecular flexibility index (Phi) is 4.77. The smallest absolute Gasteiger partial charge is 0.344 e. The molecule has 0 aromatic heterocycles. The van der Waals surface area contributed by atoms with Crippen LogP contribution in [0.15, 0.2) is 84.9 Å². The molecule has 2 aliphatic heterocycles. The van der Waals surface area contributed by atoms with Crippen molar-refractivity contribution in [2.45, 2.75) is 20.0 Å². The molecular formula is C29H24N2O3. The molecule has 0 saturated carbocycles. The van der Waals surface area contributed by atoms with Crippen LogP contribution >= 0.6 is 0 Å². The Labute approximate surface area is 198 Å². The van der Waals surface area contributed by atoms with Crippen LogP contribution < -0.4 is 14.5 Å². The first-order chi connectivity index (χ1) is 16.6. The van der Waals surface area contributed by atoms with Gasteiger partial charge in [-0.1, -0.05) is 36.4 Å². The molecule has 2 heterocycles. The monoisotopic (exact) mass is 448 g/mol. The number of carbonyl (C=O) groups excluding carboxylic acids is 1. The fourth-order valence-electron chi connectivity index (χ4n) is 5.09. The SMILES string of the molecule is Cc1cccc(C(=O)Oc2ccccc2)c1-c1ccc2c(c1)CN1CN2Cc2cc(O)ccc21. The molecule has 4 aromatic carbocycles. The van der Waals surface area contributed by atoms with Gasteiger partial charge in [0, 0.05) is 24.5 Å². The number of phenols is 1. The molecule has 168 valence electrons. The lowest BCUT2D eigenvalue weighted by atomic mass is 9.92. The van der Waals surface area contributed by atoms with E-state index in [2.05, 4.69) is 28.0 Å². The highest BCUT2D eigenvalue weighted by molar-refractivity contribution is 5.99. The van der Waals surface area contributed by atoms with E-state index in [-0.39, 0.29) is 5.97 Å². The van der Waals surface area contributed by atoms with Gasteiger partial charge in [0.15, 0.2) is 0 Å². The number of rotatable bonds is 3. The zero-order valence-corrected chi connectivity index (χ0v) is 18.9. The Morgan fingerprint density at radius 3 is 2.29 bits per heavy atom. The van der Waals surface area contributed by atoms with Crippen molar-refractivity contribution in [2.24, 2.45) is 0 Å². The molecule has 34 heavy (non-hydrogen) atoms. The molecule has 0 radical (unpaired) electrons. The van der Waals surface area contributed by atoms with Crippen molar-refractivity contribution >= 4 is 17.3 Å². The number of esters is 1. The maximum atomic E-state index is 13.1. The van der Waals surface area contributed by atoms with E-state index >= 15 is 0 Å². The molecule has 2 aliphatic rings. The molecule has 0 amide bonds. The van der Waals surface area contributed by atoms with Gasteiger partial charge in [-0.15, -0.1) is 0 Å². The van der Waals surface area contributed by atoms with Crippen LogP contribution in [0.4, 0.5) is 11.4 Å². The van der Waals surface area contributed by atoms with Crippen molar-refractivity contribution < 1.29 is 14.6 Å². The first kappa shape index (κ1) is 20.4. The average Bonchev–Trinajstić information content (AvgIpc) is 2.84. The normalized spacial score (nSPS) is 13.8. The fourth-order valence-corrected chi connectivity index (χ4v) is 5.09. The van der Waals surface area contributed by atoms with E-state index in [4.69, 9.17) is 4.74 Å². The van der Waals surface area contributed by atoms with Gasteiger partial charge in [0.25, 0.3) is 0 Å². The molecule has 0 fully saturated rings. The fraction of sp³-hybridized carbons (Fsp3) is 0.138. The van der Waals surface area contributed by atoms with Gasteiger partial charge in [0.05, 0.1) is 12.2 Å². The third-order valence-electron chi connectivity index (χ3n) is 6.62. The molecule has 5 nitrogen and oxygen atoms in total. The predicted octanol–water partition coefficient (Wildman–Crippen LogP) is 5.88. The van der Waals surface area contributed by atoms with Gasteiger partial charge in [-0.05, 0) is 83.3 Å². The number of phenolic OH excluding ortho intramolecular Hbond substituents is 1. The van der Waals surface area contributed by atoms with Crippen molar-refractivity contribution in [1.29, 1.82) is 0 Å². The van der Waals surface area contributed by atoms with Gasteiger partial charge in [-0.25, -0.2) is 4.79 Å². The number of hydrogen-bond donors (Lipinski definition) is 1. The largest absolute Gasteiger partial charge is 0.508 e. The summed E-state index contributed by atoms with van der Waals surface area (Å²) in [7, 11) is 0. The van der Waals surface area contributed by atoms with E-state index in [9.17, 15) is 9.90 Å². The quantitative estimate of drug-likeness (QED) is 0.313. The minimum Gasteiger partial charge on any atom is -0.508 e. The lowest BCUT2D eigenvalue weighted by Crippen LogP contribution is -2.46. The Hall–Kier alpha value is -4.25. The molecular weight excluding hydrogens is 424 g/mol. The molecule has 0 spiro atoms. The summed E-state index contributed by atoms with van der Waals surface area (Å²) in [6.45, 7) is 4.38. The van der Waals surface area contributed by atoms with E-state index in [1.54, 1.807) is 18.2 Å². The van der Waals surface area contributed by atoms with Crippen molar-refractivity contribution in [3.05, 3.63) is 107 Å². The topological polar surface area (TPSA) is 53.0 Å². The number of aryl methyl sites for hydroxylation is 1. The summed E-state index contributed by atoms with van der Waals surface area (Å²) in [5.41, 5.74) is 8.19. The third-order valence-corrected chi connectivity index (χ3v) is 6.62. The Morgan fingerprint density at radius 2 is 1.53 bits per heavy atom. The van der Waals surface area contributed by atoms with Crippen LogP contribution in [0.3, 0.4) is 0 Å². The minimum absolute atomic E-state index is 0.297. The van der Waals surface area contributed by atoms with Gasteiger partial charge in [-0.2, -0.15) is 0 Å². The number of ether oxygens (including phenoxy) is 1. The van der Waals surface area contributed by atoms with Crippen LogP contribution in [0.1, 0.15) is 27.0 Å². The van der Waals surface area contributed by atoms with Crippen LogP contribution in [-0.4, -0.2) is 17.7 Å². The van der Waals surface area contributed by atoms with Crippen LogP contribution in [0.5, 0.6) is 11.5 Å². The summed E-state index contributed by atoms with van der Waals surface area (Å²) in [5.74, 6) is 0.468. The van der Waals surface area contributed by atoms with Crippen molar-refractivity contribution in [1.82, 2.24) is 0 Å². The molecule has 0 unspecified atom stereocenters. The standard InChI is InChI=1S/C29H24N2O3/c1-19-6-5-9-25(29(33)34-24-7-3-2-4-8-24)28(19)20-10-12-26-21(14-20)16-30-18-31(26)17-22-15-23(32)11-13-27(22)30/h2-15,32H,16-18H2,1H3. The third kappa shape index (κ3) is 3.46. The van der Waals surface area contributed by atoms with Crippen LogP contribution in [-0.2, 0) is 13.1 Å². The van der Waals surface area contributed by atoms with Gasteiger partial charge in [0.1, 0.15) is 11.5 Å². The average molecular weight is 449 g/mol. The number of aromatic hydroxyl groups is 1. The maximum absolute atomic E-state index is 13.1. The van der Waals surface area contributed by atoms with Gasteiger partial charge in [-0.3, -0.25) is 0 Å². The van der Waals surface area contributed by atoms with Gasteiger partial charge >= 0.3 is 5.97 Å². The van der Waals surface area contributed by atoms with Crippen LogP contribution in [0.25, 0.3) is 11.1 Å². The molecule has 2 bridgehead atoms. The summed E-state index contributed by atoms with van der Waals surface area (Å²) < 4.78 is 5.66. The number of carbonyl (C=O) groups is 1. The number of fused-ring (bicyclic) bond motifs is 6. The van der Waals surface area contributed by atoms with Crippen LogP contribution in [0, 0.1) is 6.92 Å². The zero-order chi connectivity index (χ0) is 23.2. The summed E-state index contributed by atoms with van der Waals surface area (Å²) in [5, 5.41) is 9.92. The molecule has 1 N–H and O–H groups in total. The summed E-state index contributed by atoms with van der Waals surface area (Å²) >= 11 is 0. The zero-order valence-electron chi connectivity index (χ0n) is 18.9. The lowest BCUT2D eigenvalue weighted by Gasteiger charge is -2.45. The van der Waals surface area contributed by atoms with E-state index in [0.29, 0.717) is 17.1 Å². The van der Waals surface area contributed by atoms with E-state index in [1.165, 1.54) is 11.3 Å². The highest BCUT2D eigenvalue weighted by Crippen LogP contribution is 2.41. The number of para-hydroxylation sites is 1. The Morgan fingerprint density at radius 1 is 0.824 bits per heavy atom. The second kappa shape index (κ2) is 7.96. The van der Waals surface area contributed by atoms with Crippen molar-refractivity contribution in [3.63, 3.8) is 0 Å². The predicted molar refractivity (Wildman–Crippen MR) is 133 cm³/mol. The lowest BCUT2D eigenvalue weighted by molar-refractivity contribution is 0.0735. The highest BCUT2D eigenvalue weighted by atomic mass is 16.5. The molecule has 6 rings (SSSR count). The Bertz CT molecular complexity index is 1410.